The number of allylic oxidation sites excluding steroid dienone is 1. The molecule has 2 aromatic rings. The summed E-state index contributed by atoms with van der Waals surface area (Å²) in [6, 6.07) is 11.6. The fourth-order valence-electron chi connectivity index (χ4n) is 3.08. The molecule has 0 saturated carbocycles. The predicted molar refractivity (Wildman–Crippen MR) is 111 cm³/mol. The van der Waals surface area contributed by atoms with Gasteiger partial charge in [-0.2, -0.15) is 0 Å². The molecule has 0 unspecified atom stereocenters. The molecule has 2 aromatic carbocycles. The van der Waals surface area contributed by atoms with Crippen molar-refractivity contribution in [1.82, 2.24) is 10.6 Å². The van der Waals surface area contributed by atoms with E-state index in [4.69, 9.17) is 21.7 Å². The van der Waals surface area contributed by atoms with Gasteiger partial charge in [0.15, 0.2) is 5.11 Å². The molecular formula is C21H24N2O3S. The highest BCUT2D eigenvalue weighted by Crippen LogP contribution is 2.31. The summed E-state index contributed by atoms with van der Waals surface area (Å²) < 4.78 is 10.8. The summed E-state index contributed by atoms with van der Waals surface area (Å²) in [4.78, 5) is 12.7. The zero-order chi connectivity index (χ0) is 19.6. The number of rotatable bonds is 5. The summed E-state index contributed by atoms with van der Waals surface area (Å²) in [5.74, 6) is 0.753. The highest BCUT2D eigenvalue weighted by molar-refractivity contribution is 7.80. The molecule has 6 heteroatoms. The second-order valence-electron chi connectivity index (χ2n) is 7.03. The Morgan fingerprint density at radius 3 is 2.59 bits per heavy atom. The van der Waals surface area contributed by atoms with E-state index in [1.807, 2.05) is 51.1 Å². The van der Waals surface area contributed by atoms with Crippen LogP contribution in [0.15, 0.2) is 47.7 Å². The molecular weight excluding hydrogens is 360 g/mol. The number of hydrogen-bond donors (Lipinski definition) is 2. The second kappa shape index (κ2) is 7.96. The van der Waals surface area contributed by atoms with Gasteiger partial charge in [0.1, 0.15) is 5.75 Å². The van der Waals surface area contributed by atoms with Crippen LogP contribution in [0.2, 0.25) is 0 Å². The zero-order valence-corrected chi connectivity index (χ0v) is 16.8. The number of carbonyl (C=O) groups is 1. The van der Waals surface area contributed by atoms with Crippen LogP contribution in [0.25, 0.3) is 10.8 Å². The van der Waals surface area contributed by atoms with E-state index in [-0.39, 0.29) is 17.9 Å². The molecule has 1 heterocycles. The van der Waals surface area contributed by atoms with Crippen LogP contribution in [0.4, 0.5) is 0 Å². The van der Waals surface area contributed by atoms with Crippen molar-refractivity contribution in [3.63, 3.8) is 0 Å². The molecule has 142 valence electrons. The van der Waals surface area contributed by atoms with Crippen LogP contribution in [-0.2, 0) is 9.53 Å². The third kappa shape index (κ3) is 4.22. The maximum absolute atomic E-state index is 12.7. The topological polar surface area (TPSA) is 59.6 Å². The summed E-state index contributed by atoms with van der Waals surface area (Å²) in [6.45, 7) is 6.24. The van der Waals surface area contributed by atoms with Crippen LogP contribution < -0.4 is 15.4 Å². The average molecular weight is 385 g/mol. The van der Waals surface area contributed by atoms with Gasteiger partial charge in [-0.1, -0.05) is 32.0 Å². The standard InChI is InChI=1S/C21H24N2O3S/c1-12(2)11-26-20(24)18-13(3)22-21(27)23-19(18)16-6-5-15-10-17(25-4)8-7-14(15)9-16/h5-10,12,19H,11H2,1-4H3,(H2,22,23,27)/t19-/m0/s1. The van der Waals surface area contributed by atoms with Gasteiger partial charge >= 0.3 is 5.97 Å². The Morgan fingerprint density at radius 2 is 1.89 bits per heavy atom. The van der Waals surface area contributed by atoms with Crippen LogP contribution in [0, 0.1) is 5.92 Å². The third-order valence-electron chi connectivity index (χ3n) is 4.44. The van der Waals surface area contributed by atoms with Crippen LogP contribution >= 0.6 is 12.2 Å². The average Bonchev–Trinajstić information content (AvgIpc) is 2.64. The quantitative estimate of drug-likeness (QED) is 0.603. The number of fused-ring (bicyclic) bond motifs is 1. The minimum absolute atomic E-state index is 0.273. The first-order valence-corrected chi connectivity index (χ1v) is 9.33. The molecule has 3 rings (SSSR count). The van der Waals surface area contributed by atoms with Crippen molar-refractivity contribution in [2.24, 2.45) is 5.92 Å². The summed E-state index contributed by atoms with van der Waals surface area (Å²) >= 11 is 5.31. The molecule has 1 atom stereocenters. The smallest absolute Gasteiger partial charge is 0.338 e. The molecule has 5 nitrogen and oxygen atoms in total. The Bertz CT molecular complexity index is 921. The lowest BCUT2D eigenvalue weighted by Gasteiger charge is -2.30. The Labute approximate surface area is 164 Å². The van der Waals surface area contributed by atoms with E-state index in [0.717, 1.165) is 22.1 Å². The van der Waals surface area contributed by atoms with Crippen molar-refractivity contribution in [1.29, 1.82) is 0 Å². The number of hydrogen-bond acceptors (Lipinski definition) is 4. The first-order chi connectivity index (χ1) is 12.9. The van der Waals surface area contributed by atoms with Crippen molar-refractivity contribution >= 4 is 34.1 Å². The molecule has 0 aliphatic carbocycles. The Morgan fingerprint density at radius 1 is 1.19 bits per heavy atom. The fourth-order valence-corrected chi connectivity index (χ4v) is 3.35. The molecule has 27 heavy (non-hydrogen) atoms. The molecule has 0 fully saturated rings. The summed E-state index contributed by atoms with van der Waals surface area (Å²) in [5, 5.41) is 8.86. The number of esters is 1. The lowest BCUT2D eigenvalue weighted by atomic mass is 9.93. The molecule has 1 aliphatic heterocycles. The maximum atomic E-state index is 12.7. The molecule has 0 aromatic heterocycles. The maximum Gasteiger partial charge on any atom is 0.338 e. The van der Waals surface area contributed by atoms with Gasteiger partial charge in [-0.25, -0.2) is 4.79 Å². The number of benzene rings is 2. The van der Waals surface area contributed by atoms with E-state index in [0.29, 0.717) is 23.0 Å². The van der Waals surface area contributed by atoms with Gasteiger partial charge in [-0.15, -0.1) is 0 Å². The van der Waals surface area contributed by atoms with Gasteiger partial charge in [0, 0.05) is 5.70 Å². The third-order valence-corrected chi connectivity index (χ3v) is 4.66. The normalized spacial score (nSPS) is 16.9. The van der Waals surface area contributed by atoms with E-state index < -0.39 is 0 Å². The monoisotopic (exact) mass is 384 g/mol. The van der Waals surface area contributed by atoms with E-state index in [1.54, 1.807) is 7.11 Å². The van der Waals surface area contributed by atoms with Gasteiger partial charge < -0.3 is 20.1 Å². The largest absolute Gasteiger partial charge is 0.497 e. The van der Waals surface area contributed by atoms with Crippen LogP contribution in [0.3, 0.4) is 0 Å². The van der Waals surface area contributed by atoms with Crippen molar-refractivity contribution in [3.05, 3.63) is 53.2 Å². The number of ether oxygens (including phenoxy) is 2. The fraction of sp³-hybridized carbons (Fsp3) is 0.333. The zero-order valence-electron chi connectivity index (χ0n) is 16.0. The molecule has 2 N–H and O–H groups in total. The van der Waals surface area contributed by atoms with Gasteiger partial charge in [-0.3, -0.25) is 0 Å². The second-order valence-corrected chi connectivity index (χ2v) is 7.44. The van der Waals surface area contributed by atoms with Crippen molar-refractivity contribution < 1.29 is 14.3 Å². The van der Waals surface area contributed by atoms with Crippen LogP contribution in [0.1, 0.15) is 32.4 Å². The molecule has 0 bridgehead atoms. The predicted octanol–water partition coefficient (Wildman–Crippen LogP) is 3.84. The van der Waals surface area contributed by atoms with Crippen molar-refractivity contribution in [2.75, 3.05) is 13.7 Å². The first-order valence-electron chi connectivity index (χ1n) is 8.92. The molecule has 0 saturated heterocycles. The van der Waals surface area contributed by atoms with Gasteiger partial charge in [-0.05, 0) is 59.6 Å². The Hall–Kier alpha value is -2.60. The molecule has 0 amide bonds. The highest BCUT2D eigenvalue weighted by Gasteiger charge is 2.31. The molecule has 0 spiro atoms. The Kier molecular flexibility index (Phi) is 5.65. The van der Waals surface area contributed by atoms with E-state index in [1.165, 1.54) is 0 Å². The van der Waals surface area contributed by atoms with Crippen LogP contribution in [0.5, 0.6) is 5.75 Å². The van der Waals surface area contributed by atoms with Gasteiger partial charge in [0.2, 0.25) is 0 Å². The minimum Gasteiger partial charge on any atom is -0.497 e. The van der Waals surface area contributed by atoms with Crippen LogP contribution in [-0.4, -0.2) is 24.8 Å². The molecule has 0 radical (unpaired) electrons. The number of nitrogens with one attached hydrogen (secondary N) is 2. The SMILES string of the molecule is COc1ccc2cc([C@@H]3NC(=S)NC(C)=C3C(=O)OCC(C)C)ccc2c1. The summed E-state index contributed by atoms with van der Waals surface area (Å²) in [5.41, 5.74) is 2.22. The minimum atomic E-state index is -0.357. The summed E-state index contributed by atoms with van der Waals surface area (Å²) in [7, 11) is 1.65. The van der Waals surface area contributed by atoms with E-state index in [2.05, 4.69) is 16.7 Å². The first kappa shape index (κ1) is 19.2. The van der Waals surface area contributed by atoms with Crippen molar-refractivity contribution in [2.45, 2.75) is 26.8 Å². The highest BCUT2D eigenvalue weighted by atomic mass is 32.1. The number of methoxy groups -OCH3 is 1. The summed E-state index contributed by atoms with van der Waals surface area (Å²) in [6.07, 6.45) is 0. The number of thiocarbonyl (C=S) groups is 1. The van der Waals surface area contributed by atoms with E-state index in [9.17, 15) is 4.79 Å². The molecule has 1 aliphatic rings. The lowest BCUT2D eigenvalue weighted by Crippen LogP contribution is -2.45. The van der Waals surface area contributed by atoms with Gasteiger partial charge in [0.25, 0.3) is 0 Å². The van der Waals surface area contributed by atoms with E-state index >= 15 is 0 Å². The number of carbonyl (C=O) groups excluding carboxylic acids is 1. The van der Waals surface area contributed by atoms with Gasteiger partial charge in [0.05, 0.1) is 25.3 Å². The lowest BCUT2D eigenvalue weighted by molar-refractivity contribution is -0.140. The van der Waals surface area contributed by atoms with Crippen molar-refractivity contribution in [3.8, 4) is 5.75 Å². The Balaban J connectivity index is 1.98.